The molecule has 0 radical (unpaired) electrons. The van der Waals surface area contributed by atoms with Crippen LogP contribution in [0.4, 0.5) is 0 Å². The number of hydrogen-bond donors (Lipinski definition) is 1. The first-order valence-electron chi connectivity index (χ1n) is 6.73. The third kappa shape index (κ3) is 4.81. The van der Waals surface area contributed by atoms with Crippen molar-refractivity contribution in [3.8, 4) is 0 Å². The Morgan fingerprint density at radius 2 is 2.25 bits per heavy atom. The fraction of sp³-hybridized carbons (Fsp3) is 1.00. The third-order valence-corrected chi connectivity index (χ3v) is 3.56. The second-order valence-electron chi connectivity index (χ2n) is 5.41. The van der Waals surface area contributed by atoms with Crippen molar-refractivity contribution < 1.29 is 0 Å². The molecular weight excluding hydrogens is 198 g/mol. The summed E-state index contributed by atoms with van der Waals surface area (Å²) >= 11 is 0. The Kier molecular flexibility index (Phi) is 6.32. The lowest BCUT2D eigenvalue weighted by atomic mass is 10.1. The molecule has 3 nitrogen and oxygen atoms in total. The molecule has 1 heterocycles. The molecule has 0 aliphatic carbocycles. The molecule has 1 fully saturated rings. The van der Waals surface area contributed by atoms with Crippen LogP contribution in [0.2, 0.25) is 0 Å². The van der Waals surface area contributed by atoms with E-state index in [0.717, 1.165) is 25.0 Å². The van der Waals surface area contributed by atoms with Crippen LogP contribution in [-0.2, 0) is 0 Å². The number of nitrogens with one attached hydrogen (secondary N) is 1. The van der Waals surface area contributed by atoms with Crippen molar-refractivity contribution in [3.63, 3.8) is 0 Å². The van der Waals surface area contributed by atoms with E-state index in [2.05, 4.69) is 43.1 Å². The second kappa shape index (κ2) is 7.25. The molecule has 2 unspecified atom stereocenters. The van der Waals surface area contributed by atoms with Crippen LogP contribution in [0.3, 0.4) is 0 Å². The van der Waals surface area contributed by atoms with E-state index in [-0.39, 0.29) is 0 Å². The maximum Gasteiger partial charge on any atom is 0.0220 e. The van der Waals surface area contributed by atoms with E-state index in [9.17, 15) is 0 Å². The molecule has 0 amide bonds. The first-order valence-corrected chi connectivity index (χ1v) is 6.73. The van der Waals surface area contributed by atoms with E-state index in [1.807, 2.05) is 0 Å². The van der Waals surface area contributed by atoms with Crippen LogP contribution in [-0.4, -0.2) is 62.7 Å². The first kappa shape index (κ1) is 13.9. The second-order valence-corrected chi connectivity index (χ2v) is 5.41. The van der Waals surface area contributed by atoms with Gasteiger partial charge in [0, 0.05) is 19.1 Å². The Hall–Kier alpha value is -0.120. The summed E-state index contributed by atoms with van der Waals surface area (Å²) in [4.78, 5) is 5.00. The topological polar surface area (TPSA) is 18.5 Å². The number of hydrogen-bond acceptors (Lipinski definition) is 3. The van der Waals surface area contributed by atoms with E-state index >= 15 is 0 Å². The van der Waals surface area contributed by atoms with Crippen LogP contribution in [0, 0.1) is 5.92 Å². The van der Waals surface area contributed by atoms with Gasteiger partial charge in [0.05, 0.1) is 0 Å². The highest BCUT2D eigenvalue weighted by Gasteiger charge is 2.22. The average molecular weight is 227 g/mol. The zero-order valence-electron chi connectivity index (χ0n) is 11.5. The SMILES string of the molecule is CCNCC(C)CN(C)CC1CCCN1C. The van der Waals surface area contributed by atoms with Gasteiger partial charge in [-0.05, 0) is 52.5 Å². The van der Waals surface area contributed by atoms with Gasteiger partial charge in [0.15, 0.2) is 0 Å². The van der Waals surface area contributed by atoms with Crippen molar-refractivity contribution in [2.45, 2.75) is 32.7 Å². The smallest absolute Gasteiger partial charge is 0.0220 e. The van der Waals surface area contributed by atoms with Crippen molar-refractivity contribution in [1.82, 2.24) is 15.1 Å². The molecule has 16 heavy (non-hydrogen) atoms. The van der Waals surface area contributed by atoms with Crippen molar-refractivity contribution in [1.29, 1.82) is 0 Å². The molecule has 0 saturated carbocycles. The zero-order chi connectivity index (χ0) is 12.0. The molecule has 0 aromatic heterocycles. The average Bonchev–Trinajstić information content (AvgIpc) is 2.61. The summed E-state index contributed by atoms with van der Waals surface area (Å²) in [6.07, 6.45) is 2.75. The highest BCUT2D eigenvalue weighted by molar-refractivity contribution is 4.79. The molecule has 1 aliphatic heterocycles. The molecule has 1 saturated heterocycles. The Bertz CT molecular complexity index is 184. The van der Waals surface area contributed by atoms with Gasteiger partial charge in [-0.25, -0.2) is 0 Å². The van der Waals surface area contributed by atoms with Crippen LogP contribution in [0.15, 0.2) is 0 Å². The minimum atomic E-state index is 0.747. The molecule has 96 valence electrons. The number of likely N-dealkylation sites (N-methyl/N-ethyl adjacent to an activating group) is 2. The van der Waals surface area contributed by atoms with E-state index in [1.54, 1.807) is 0 Å². The molecule has 0 bridgehead atoms. The normalized spacial score (nSPS) is 24.2. The summed E-state index contributed by atoms with van der Waals surface area (Å²) in [6.45, 7) is 10.4. The predicted molar refractivity (Wildman–Crippen MR) is 70.9 cm³/mol. The van der Waals surface area contributed by atoms with E-state index in [0.29, 0.717) is 0 Å². The highest BCUT2D eigenvalue weighted by Crippen LogP contribution is 2.15. The maximum absolute atomic E-state index is 3.42. The lowest BCUT2D eigenvalue weighted by Crippen LogP contribution is -2.39. The number of nitrogens with zero attached hydrogens (tertiary/aromatic N) is 2. The van der Waals surface area contributed by atoms with Gasteiger partial charge in [-0.3, -0.25) is 0 Å². The lowest BCUT2D eigenvalue weighted by molar-refractivity contribution is 0.202. The van der Waals surface area contributed by atoms with Gasteiger partial charge < -0.3 is 15.1 Å². The molecule has 0 aromatic rings. The van der Waals surface area contributed by atoms with Crippen molar-refractivity contribution >= 4 is 0 Å². The number of rotatable bonds is 7. The van der Waals surface area contributed by atoms with E-state index < -0.39 is 0 Å². The Morgan fingerprint density at radius 1 is 1.50 bits per heavy atom. The van der Waals surface area contributed by atoms with Crippen molar-refractivity contribution in [2.24, 2.45) is 5.92 Å². The molecule has 2 atom stereocenters. The molecule has 1 rings (SSSR count). The largest absolute Gasteiger partial charge is 0.317 e. The van der Waals surface area contributed by atoms with Gasteiger partial charge in [0.2, 0.25) is 0 Å². The summed E-state index contributed by atoms with van der Waals surface area (Å²) in [5.74, 6) is 0.747. The minimum Gasteiger partial charge on any atom is -0.317 e. The van der Waals surface area contributed by atoms with Crippen LogP contribution < -0.4 is 5.32 Å². The fourth-order valence-electron chi connectivity index (χ4n) is 2.63. The van der Waals surface area contributed by atoms with Gasteiger partial charge in [-0.2, -0.15) is 0 Å². The highest BCUT2D eigenvalue weighted by atomic mass is 15.2. The zero-order valence-corrected chi connectivity index (χ0v) is 11.5. The predicted octanol–water partition coefficient (Wildman–Crippen LogP) is 1.26. The van der Waals surface area contributed by atoms with E-state index in [4.69, 9.17) is 0 Å². The molecule has 0 spiro atoms. The van der Waals surface area contributed by atoms with Crippen LogP contribution in [0.5, 0.6) is 0 Å². The molecule has 1 aliphatic rings. The molecular formula is C13H29N3. The number of likely N-dealkylation sites (tertiary alicyclic amines) is 1. The Labute approximate surface area is 101 Å². The summed E-state index contributed by atoms with van der Waals surface area (Å²) in [5, 5.41) is 3.42. The monoisotopic (exact) mass is 227 g/mol. The quantitative estimate of drug-likeness (QED) is 0.706. The maximum atomic E-state index is 3.42. The molecule has 3 heteroatoms. The Balaban J connectivity index is 2.16. The van der Waals surface area contributed by atoms with Crippen LogP contribution in [0.1, 0.15) is 26.7 Å². The fourth-order valence-corrected chi connectivity index (χ4v) is 2.63. The lowest BCUT2D eigenvalue weighted by Gasteiger charge is -2.27. The van der Waals surface area contributed by atoms with Gasteiger partial charge in [-0.1, -0.05) is 13.8 Å². The minimum absolute atomic E-state index is 0.747. The van der Waals surface area contributed by atoms with Crippen LogP contribution in [0.25, 0.3) is 0 Å². The van der Waals surface area contributed by atoms with Crippen molar-refractivity contribution in [3.05, 3.63) is 0 Å². The molecule has 1 N–H and O–H groups in total. The van der Waals surface area contributed by atoms with Gasteiger partial charge >= 0.3 is 0 Å². The van der Waals surface area contributed by atoms with Gasteiger partial charge in [-0.15, -0.1) is 0 Å². The standard InChI is InChI=1S/C13H29N3/c1-5-14-9-12(2)10-15(3)11-13-7-6-8-16(13)4/h12-14H,5-11H2,1-4H3. The summed E-state index contributed by atoms with van der Waals surface area (Å²) < 4.78 is 0. The first-order chi connectivity index (χ1) is 7.63. The summed E-state index contributed by atoms with van der Waals surface area (Å²) in [6, 6.07) is 0.788. The van der Waals surface area contributed by atoms with Crippen LogP contribution >= 0.6 is 0 Å². The molecule has 0 aromatic carbocycles. The van der Waals surface area contributed by atoms with Gasteiger partial charge in [0.1, 0.15) is 0 Å². The Morgan fingerprint density at radius 3 is 2.81 bits per heavy atom. The van der Waals surface area contributed by atoms with Crippen molar-refractivity contribution in [2.75, 3.05) is 46.8 Å². The van der Waals surface area contributed by atoms with Gasteiger partial charge in [0.25, 0.3) is 0 Å². The third-order valence-electron chi connectivity index (χ3n) is 3.56. The van der Waals surface area contributed by atoms with E-state index in [1.165, 1.54) is 32.5 Å². The summed E-state index contributed by atoms with van der Waals surface area (Å²) in [7, 11) is 4.52. The summed E-state index contributed by atoms with van der Waals surface area (Å²) in [5.41, 5.74) is 0.